The first-order valence-electron chi connectivity index (χ1n) is 3.36. The fourth-order valence-electron chi connectivity index (χ4n) is 0.200. The smallest absolute Gasteiger partial charge is 0.330 e. The minimum absolute atomic E-state index is 0.255. The Morgan fingerprint density at radius 2 is 1.67 bits per heavy atom. The van der Waals surface area contributed by atoms with Gasteiger partial charge in [-0.15, -0.1) is 0 Å². The van der Waals surface area contributed by atoms with E-state index in [-0.39, 0.29) is 6.61 Å². The third-order valence-electron chi connectivity index (χ3n) is 0.677. The molecule has 0 fully saturated rings. The molecule has 2 heteroatoms. The summed E-state index contributed by atoms with van der Waals surface area (Å²) in [5.74, 6) is -0.412. The van der Waals surface area contributed by atoms with Crippen molar-refractivity contribution in [2.24, 2.45) is 0 Å². The number of ether oxygens (including phenoxy) is 1. The highest BCUT2D eigenvalue weighted by Crippen LogP contribution is 1.77. The van der Waals surface area contributed by atoms with Crippen molar-refractivity contribution in [3.05, 3.63) is 50.6 Å². The molecule has 0 aliphatic heterocycles. The van der Waals surface area contributed by atoms with E-state index < -0.39 is 5.97 Å². The Kier molecular flexibility index (Phi) is 13.2. The third kappa shape index (κ3) is 15.8. The molecule has 0 rings (SSSR count). The maximum Gasteiger partial charge on any atom is 0.330 e. The van der Waals surface area contributed by atoms with Crippen LogP contribution in [0.4, 0.5) is 0 Å². The molecule has 0 amide bonds. The minimum Gasteiger partial charge on any atom is -0.458 e. The van der Waals surface area contributed by atoms with Gasteiger partial charge in [-0.05, 0) is 0 Å². The van der Waals surface area contributed by atoms with Crippen LogP contribution in [0, 0.1) is 0 Å². The van der Waals surface area contributed by atoms with Gasteiger partial charge in [0.15, 0.2) is 0 Å². The summed E-state index contributed by atoms with van der Waals surface area (Å²) in [6.45, 7) is 13.5. The van der Waals surface area contributed by atoms with Gasteiger partial charge < -0.3 is 4.74 Å². The lowest BCUT2D eigenvalue weighted by atomic mass is 10.6. The zero-order chi connectivity index (χ0) is 9.82. The summed E-state index contributed by atoms with van der Waals surface area (Å²) in [5, 5.41) is 0. The molecule has 2 nitrogen and oxygen atoms in total. The number of esters is 1. The Bertz CT molecular complexity index is 163. The Labute approximate surface area is 73.5 Å². The van der Waals surface area contributed by atoms with Crippen molar-refractivity contribution in [1.29, 1.82) is 0 Å². The van der Waals surface area contributed by atoms with Crippen molar-refractivity contribution in [1.82, 2.24) is 0 Å². The topological polar surface area (TPSA) is 26.3 Å². The van der Waals surface area contributed by atoms with Crippen molar-refractivity contribution in [3.8, 4) is 0 Å². The summed E-state index contributed by atoms with van der Waals surface area (Å²) in [4.78, 5) is 10.2. The SMILES string of the molecule is C=CC=C.C=CCOC(=O)C=C. The first-order valence-corrected chi connectivity index (χ1v) is 3.36. The van der Waals surface area contributed by atoms with Crippen molar-refractivity contribution in [2.75, 3.05) is 6.61 Å². The van der Waals surface area contributed by atoms with E-state index in [9.17, 15) is 4.79 Å². The van der Waals surface area contributed by atoms with Crippen LogP contribution in [0.1, 0.15) is 0 Å². The number of allylic oxidation sites excluding steroid dienone is 2. The highest BCUT2D eigenvalue weighted by atomic mass is 16.5. The molecule has 0 saturated heterocycles. The third-order valence-corrected chi connectivity index (χ3v) is 0.677. The quantitative estimate of drug-likeness (QED) is 0.277. The van der Waals surface area contributed by atoms with E-state index in [0.29, 0.717) is 0 Å². The molecule has 0 aliphatic carbocycles. The van der Waals surface area contributed by atoms with E-state index >= 15 is 0 Å². The van der Waals surface area contributed by atoms with E-state index in [1.807, 2.05) is 0 Å². The van der Waals surface area contributed by atoms with E-state index in [2.05, 4.69) is 31.1 Å². The molecule has 0 bridgehead atoms. The number of rotatable bonds is 4. The monoisotopic (exact) mass is 166 g/mol. The molecule has 0 unspecified atom stereocenters. The van der Waals surface area contributed by atoms with E-state index in [4.69, 9.17) is 0 Å². The molecule has 0 aliphatic rings. The molecule has 12 heavy (non-hydrogen) atoms. The molecule has 66 valence electrons. The lowest BCUT2D eigenvalue weighted by molar-refractivity contribution is -0.136. The van der Waals surface area contributed by atoms with Gasteiger partial charge in [-0.25, -0.2) is 4.79 Å². The zero-order valence-electron chi connectivity index (χ0n) is 7.16. The van der Waals surface area contributed by atoms with E-state index in [1.54, 1.807) is 12.2 Å². The van der Waals surface area contributed by atoms with Crippen LogP contribution in [-0.2, 0) is 9.53 Å². The molecule has 0 aromatic carbocycles. The van der Waals surface area contributed by atoms with Gasteiger partial charge in [0.2, 0.25) is 0 Å². The predicted octanol–water partition coefficient (Wildman–Crippen LogP) is 2.26. The van der Waals surface area contributed by atoms with Crippen LogP contribution in [0.15, 0.2) is 50.6 Å². The zero-order valence-corrected chi connectivity index (χ0v) is 7.16. The van der Waals surface area contributed by atoms with Crippen LogP contribution in [0.3, 0.4) is 0 Å². The lowest BCUT2D eigenvalue weighted by Gasteiger charge is -1.92. The van der Waals surface area contributed by atoms with E-state index in [0.717, 1.165) is 6.08 Å². The van der Waals surface area contributed by atoms with Crippen LogP contribution < -0.4 is 0 Å². The molecule has 0 heterocycles. The Morgan fingerprint density at radius 1 is 1.17 bits per heavy atom. The maximum absolute atomic E-state index is 10.2. The maximum atomic E-state index is 10.2. The summed E-state index contributed by atoms with van der Waals surface area (Å²) in [6.07, 6.45) is 5.89. The Morgan fingerprint density at radius 3 is 1.92 bits per heavy atom. The van der Waals surface area contributed by atoms with Crippen LogP contribution in [0.2, 0.25) is 0 Å². The molecule has 0 spiro atoms. The number of hydrogen-bond donors (Lipinski definition) is 0. The molecule has 0 radical (unpaired) electrons. The van der Waals surface area contributed by atoms with Gasteiger partial charge in [-0.1, -0.05) is 44.5 Å². The number of hydrogen-bond acceptors (Lipinski definition) is 2. The molecular formula is C10H14O2. The normalized spacial score (nSPS) is 6.67. The first-order chi connectivity index (χ1) is 5.72. The first kappa shape index (κ1) is 13.1. The average molecular weight is 166 g/mol. The summed E-state index contributed by atoms with van der Waals surface area (Å²) in [6, 6.07) is 0. The van der Waals surface area contributed by atoms with Gasteiger partial charge in [-0.3, -0.25) is 0 Å². The molecule has 0 aromatic heterocycles. The van der Waals surface area contributed by atoms with Gasteiger partial charge >= 0.3 is 5.97 Å². The molecular weight excluding hydrogens is 152 g/mol. The summed E-state index contributed by atoms with van der Waals surface area (Å²) in [5.41, 5.74) is 0. The van der Waals surface area contributed by atoms with Gasteiger partial charge in [0, 0.05) is 6.08 Å². The van der Waals surface area contributed by atoms with Crippen LogP contribution in [0.5, 0.6) is 0 Å². The fourth-order valence-corrected chi connectivity index (χ4v) is 0.200. The minimum atomic E-state index is -0.412. The van der Waals surface area contributed by atoms with Crippen molar-refractivity contribution < 1.29 is 9.53 Å². The predicted molar refractivity (Wildman–Crippen MR) is 51.7 cm³/mol. The van der Waals surface area contributed by atoms with Crippen molar-refractivity contribution in [2.45, 2.75) is 0 Å². The fraction of sp³-hybridized carbons (Fsp3) is 0.100. The van der Waals surface area contributed by atoms with Crippen LogP contribution in [0.25, 0.3) is 0 Å². The van der Waals surface area contributed by atoms with Gasteiger partial charge in [0.1, 0.15) is 6.61 Å². The second-order valence-corrected chi connectivity index (χ2v) is 1.59. The standard InChI is InChI=1S/C6H8O2.C4H6/c1-3-5-8-6(7)4-2;1-3-4-2/h3-4H,1-2,5H2;3-4H,1-2H2. The highest BCUT2D eigenvalue weighted by molar-refractivity contribution is 5.81. The van der Waals surface area contributed by atoms with Gasteiger partial charge in [0.05, 0.1) is 0 Å². The van der Waals surface area contributed by atoms with Crippen molar-refractivity contribution >= 4 is 5.97 Å². The van der Waals surface area contributed by atoms with Crippen molar-refractivity contribution in [3.63, 3.8) is 0 Å². The second kappa shape index (κ2) is 12.1. The van der Waals surface area contributed by atoms with Gasteiger partial charge in [0.25, 0.3) is 0 Å². The lowest BCUT2D eigenvalue weighted by Crippen LogP contribution is -1.98. The molecule has 0 atom stereocenters. The highest BCUT2D eigenvalue weighted by Gasteiger charge is 1.87. The summed E-state index contributed by atoms with van der Waals surface area (Å²) < 4.78 is 4.47. The molecule has 0 N–H and O–H groups in total. The van der Waals surface area contributed by atoms with Crippen LogP contribution in [-0.4, -0.2) is 12.6 Å². The summed E-state index contributed by atoms with van der Waals surface area (Å²) >= 11 is 0. The van der Waals surface area contributed by atoms with Crippen LogP contribution >= 0.6 is 0 Å². The largest absolute Gasteiger partial charge is 0.458 e. The summed E-state index contributed by atoms with van der Waals surface area (Å²) in [7, 11) is 0. The number of carbonyl (C=O) groups is 1. The molecule has 0 saturated carbocycles. The van der Waals surface area contributed by atoms with E-state index in [1.165, 1.54) is 6.08 Å². The van der Waals surface area contributed by atoms with Gasteiger partial charge in [-0.2, -0.15) is 0 Å². The average Bonchev–Trinajstić information content (AvgIpc) is 2.14. The second-order valence-electron chi connectivity index (χ2n) is 1.59. The Hall–Kier alpha value is -1.57. The molecule has 0 aromatic rings. The number of carbonyl (C=O) groups excluding carboxylic acids is 1. The Balaban J connectivity index is 0.